The lowest BCUT2D eigenvalue weighted by Crippen LogP contribution is -2.41. The summed E-state index contributed by atoms with van der Waals surface area (Å²) >= 11 is 0. The molecule has 104 valence electrons. The molecule has 0 atom stereocenters. The van der Waals surface area contributed by atoms with Gasteiger partial charge in [0.15, 0.2) is 5.82 Å². The van der Waals surface area contributed by atoms with Gasteiger partial charge in [-0.2, -0.15) is 0 Å². The standard InChI is InChI=1S/C14H18BN3O2/c1-13(2)14(3,4)20-15(19-13)11-9-16-10-12(17-11)18-7-5-6-8-18/h5-10H,1-4H3. The molecule has 3 rings (SSSR count). The zero-order valence-corrected chi connectivity index (χ0v) is 12.2. The van der Waals surface area contributed by atoms with Crippen LogP contribution in [0.5, 0.6) is 0 Å². The molecule has 1 aliphatic rings. The van der Waals surface area contributed by atoms with Crippen LogP contribution >= 0.6 is 0 Å². The number of nitrogens with zero attached hydrogens (tertiary/aromatic N) is 3. The van der Waals surface area contributed by atoms with Crippen molar-refractivity contribution in [2.24, 2.45) is 0 Å². The summed E-state index contributed by atoms with van der Waals surface area (Å²) in [6.07, 6.45) is 7.26. The maximum Gasteiger partial charge on any atom is 0.516 e. The highest BCUT2D eigenvalue weighted by Crippen LogP contribution is 2.36. The Labute approximate surface area is 119 Å². The number of aromatic nitrogens is 3. The third-order valence-corrected chi connectivity index (χ3v) is 4.00. The lowest BCUT2D eigenvalue weighted by atomic mass is 9.85. The molecular weight excluding hydrogens is 253 g/mol. The SMILES string of the molecule is CC1(C)OB(c2cncc(-n3cccc3)n2)OC1(C)C. The fourth-order valence-corrected chi connectivity index (χ4v) is 2.06. The van der Waals surface area contributed by atoms with Crippen molar-refractivity contribution in [3.05, 3.63) is 36.9 Å². The van der Waals surface area contributed by atoms with Crippen LogP contribution in [0.2, 0.25) is 0 Å². The van der Waals surface area contributed by atoms with Gasteiger partial charge < -0.3 is 13.9 Å². The summed E-state index contributed by atoms with van der Waals surface area (Å²) in [7, 11) is -0.483. The maximum absolute atomic E-state index is 5.99. The van der Waals surface area contributed by atoms with Gasteiger partial charge in [-0.05, 0) is 39.8 Å². The maximum atomic E-state index is 5.99. The second kappa shape index (κ2) is 4.43. The molecule has 6 heteroatoms. The van der Waals surface area contributed by atoms with Gasteiger partial charge in [0.2, 0.25) is 0 Å². The van der Waals surface area contributed by atoms with Crippen molar-refractivity contribution in [3.8, 4) is 5.82 Å². The average molecular weight is 271 g/mol. The van der Waals surface area contributed by atoms with Crippen molar-refractivity contribution in [3.63, 3.8) is 0 Å². The van der Waals surface area contributed by atoms with E-state index < -0.39 is 7.12 Å². The summed E-state index contributed by atoms with van der Waals surface area (Å²) in [5.74, 6) is 0.752. The Bertz CT molecular complexity index is 595. The largest absolute Gasteiger partial charge is 0.516 e. The molecule has 0 bridgehead atoms. The van der Waals surface area contributed by atoms with Crippen LogP contribution < -0.4 is 5.59 Å². The summed E-state index contributed by atoms with van der Waals surface area (Å²) in [6.45, 7) is 8.10. The van der Waals surface area contributed by atoms with Crippen LogP contribution in [-0.2, 0) is 9.31 Å². The molecular formula is C14H18BN3O2. The van der Waals surface area contributed by atoms with Gasteiger partial charge >= 0.3 is 7.12 Å². The highest BCUT2D eigenvalue weighted by atomic mass is 16.7. The van der Waals surface area contributed by atoms with E-state index in [9.17, 15) is 0 Å². The number of hydrogen-bond donors (Lipinski definition) is 0. The zero-order chi connectivity index (χ0) is 14.4. The molecule has 0 unspecified atom stereocenters. The number of hydrogen-bond acceptors (Lipinski definition) is 4. The summed E-state index contributed by atoms with van der Waals surface area (Å²) < 4.78 is 13.9. The highest BCUT2D eigenvalue weighted by molar-refractivity contribution is 6.61. The van der Waals surface area contributed by atoms with E-state index in [4.69, 9.17) is 9.31 Å². The van der Waals surface area contributed by atoms with E-state index in [-0.39, 0.29) is 11.2 Å². The Kier molecular flexibility index (Phi) is 2.95. The summed E-state index contributed by atoms with van der Waals surface area (Å²) in [5, 5.41) is 0. The Morgan fingerprint density at radius 3 is 2.20 bits per heavy atom. The van der Waals surface area contributed by atoms with Crippen molar-refractivity contribution in [2.75, 3.05) is 0 Å². The Morgan fingerprint density at radius 2 is 1.60 bits per heavy atom. The van der Waals surface area contributed by atoms with Gasteiger partial charge in [0.25, 0.3) is 0 Å². The number of rotatable bonds is 2. The van der Waals surface area contributed by atoms with E-state index in [2.05, 4.69) is 9.97 Å². The Hall–Kier alpha value is -1.66. The lowest BCUT2D eigenvalue weighted by molar-refractivity contribution is 0.00578. The summed E-state index contributed by atoms with van der Waals surface area (Å²) in [4.78, 5) is 8.82. The van der Waals surface area contributed by atoms with Gasteiger partial charge in [-0.1, -0.05) is 0 Å². The van der Waals surface area contributed by atoms with Crippen LogP contribution in [0.1, 0.15) is 27.7 Å². The first-order valence-corrected chi connectivity index (χ1v) is 6.70. The van der Waals surface area contributed by atoms with Gasteiger partial charge in [0.1, 0.15) is 0 Å². The zero-order valence-electron chi connectivity index (χ0n) is 12.2. The molecule has 2 aromatic heterocycles. The first kappa shape index (κ1) is 13.3. The molecule has 0 spiro atoms. The normalized spacial score (nSPS) is 20.3. The Balaban J connectivity index is 1.91. The Morgan fingerprint density at radius 1 is 1.00 bits per heavy atom. The molecule has 0 aromatic carbocycles. The smallest absolute Gasteiger partial charge is 0.398 e. The molecule has 2 aromatic rings. The van der Waals surface area contributed by atoms with E-state index in [1.165, 1.54) is 0 Å². The first-order valence-electron chi connectivity index (χ1n) is 6.70. The molecule has 0 amide bonds. The van der Waals surface area contributed by atoms with Crippen LogP contribution in [0.25, 0.3) is 5.82 Å². The summed E-state index contributed by atoms with van der Waals surface area (Å²) in [5.41, 5.74) is -0.0548. The molecule has 1 fully saturated rings. The van der Waals surface area contributed by atoms with Crippen LogP contribution in [0, 0.1) is 0 Å². The third kappa shape index (κ3) is 2.15. The highest BCUT2D eigenvalue weighted by Gasteiger charge is 2.52. The molecule has 0 N–H and O–H groups in total. The molecule has 0 saturated carbocycles. The van der Waals surface area contributed by atoms with E-state index in [1.54, 1.807) is 12.4 Å². The van der Waals surface area contributed by atoms with Gasteiger partial charge in [-0.15, -0.1) is 0 Å². The van der Waals surface area contributed by atoms with Gasteiger partial charge in [-0.3, -0.25) is 4.98 Å². The van der Waals surface area contributed by atoms with Crippen molar-refractivity contribution < 1.29 is 9.31 Å². The van der Waals surface area contributed by atoms with Crippen LogP contribution in [0.3, 0.4) is 0 Å². The second-order valence-corrected chi connectivity index (χ2v) is 5.98. The third-order valence-electron chi connectivity index (χ3n) is 4.00. The van der Waals surface area contributed by atoms with Crippen molar-refractivity contribution in [1.29, 1.82) is 0 Å². The fraction of sp³-hybridized carbons (Fsp3) is 0.429. The molecule has 5 nitrogen and oxygen atoms in total. The predicted molar refractivity (Wildman–Crippen MR) is 77.1 cm³/mol. The monoisotopic (exact) mass is 271 g/mol. The van der Waals surface area contributed by atoms with Crippen molar-refractivity contribution in [1.82, 2.24) is 14.5 Å². The van der Waals surface area contributed by atoms with Gasteiger partial charge in [0.05, 0.1) is 23.0 Å². The van der Waals surface area contributed by atoms with E-state index in [1.807, 2.05) is 56.8 Å². The molecule has 3 heterocycles. The topological polar surface area (TPSA) is 49.2 Å². The minimum absolute atomic E-state index is 0.372. The quantitative estimate of drug-likeness (QED) is 0.778. The first-order chi connectivity index (χ1) is 9.39. The van der Waals surface area contributed by atoms with Crippen molar-refractivity contribution in [2.45, 2.75) is 38.9 Å². The van der Waals surface area contributed by atoms with Crippen molar-refractivity contribution >= 4 is 12.7 Å². The molecule has 0 radical (unpaired) electrons. The minimum atomic E-state index is -0.483. The van der Waals surface area contributed by atoms with E-state index >= 15 is 0 Å². The lowest BCUT2D eigenvalue weighted by Gasteiger charge is -2.32. The fourth-order valence-electron chi connectivity index (χ4n) is 2.06. The summed E-state index contributed by atoms with van der Waals surface area (Å²) in [6, 6.07) is 3.90. The van der Waals surface area contributed by atoms with Crippen LogP contribution in [0.4, 0.5) is 0 Å². The molecule has 1 saturated heterocycles. The van der Waals surface area contributed by atoms with Crippen LogP contribution in [0.15, 0.2) is 36.9 Å². The van der Waals surface area contributed by atoms with Gasteiger partial charge in [-0.25, -0.2) is 4.98 Å². The minimum Gasteiger partial charge on any atom is -0.398 e. The average Bonchev–Trinajstić information content (AvgIpc) is 2.97. The molecule has 20 heavy (non-hydrogen) atoms. The van der Waals surface area contributed by atoms with Gasteiger partial charge in [0, 0.05) is 18.6 Å². The molecule has 0 aliphatic carbocycles. The molecule has 1 aliphatic heterocycles. The van der Waals surface area contributed by atoms with E-state index in [0.29, 0.717) is 5.59 Å². The van der Waals surface area contributed by atoms with Crippen LogP contribution in [-0.4, -0.2) is 32.9 Å². The second-order valence-electron chi connectivity index (χ2n) is 5.98. The predicted octanol–water partition coefficient (Wildman–Crippen LogP) is 1.57. The van der Waals surface area contributed by atoms with E-state index in [0.717, 1.165) is 5.82 Å².